The maximum absolute atomic E-state index is 13.5. The van der Waals surface area contributed by atoms with Gasteiger partial charge in [-0.2, -0.15) is 0 Å². The summed E-state index contributed by atoms with van der Waals surface area (Å²) in [6.45, 7) is 0.701. The average molecular weight is 235 g/mol. The molecule has 2 rings (SSSR count). The molecule has 1 nitrogen and oxygen atoms in total. The molecule has 0 aliphatic carbocycles. The first-order valence-electron chi connectivity index (χ1n) is 5.35. The summed E-state index contributed by atoms with van der Waals surface area (Å²) in [5, 5.41) is 0. The summed E-state index contributed by atoms with van der Waals surface area (Å²) in [6, 6.07) is 10.9. The highest BCUT2D eigenvalue weighted by Crippen LogP contribution is 2.30. The van der Waals surface area contributed by atoms with Crippen molar-refractivity contribution < 1.29 is 4.39 Å². The van der Waals surface area contributed by atoms with Crippen LogP contribution in [-0.2, 0) is 6.42 Å². The Kier molecular flexibility index (Phi) is 3.70. The quantitative estimate of drug-likeness (QED) is 0.863. The van der Waals surface area contributed by atoms with Crippen LogP contribution in [-0.4, -0.2) is 6.54 Å². The van der Waals surface area contributed by atoms with Crippen LogP contribution in [0.4, 0.5) is 4.39 Å². The first-order chi connectivity index (χ1) is 7.81. The second kappa shape index (κ2) is 5.23. The highest BCUT2D eigenvalue weighted by molar-refractivity contribution is 7.15. The van der Waals surface area contributed by atoms with Crippen LogP contribution in [0.5, 0.6) is 0 Å². The van der Waals surface area contributed by atoms with Crippen LogP contribution in [0, 0.1) is 5.82 Å². The van der Waals surface area contributed by atoms with E-state index in [1.165, 1.54) is 10.9 Å². The van der Waals surface area contributed by atoms with E-state index in [0.29, 0.717) is 12.1 Å². The van der Waals surface area contributed by atoms with E-state index in [4.69, 9.17) is 5.73 Å². The van der Waals surface area contributed by atoms with Crippen molar-refractivity contribution in [1.29, 1.82) is 0 Å². The summed E-state index contributed by atoms with van der Waals surface area (Å²) in [5.41, 5.74) is 6.15. The van der Waals surface area contributed by atoms with E-state index in [-0.39, 0.29) is 5.82 Å². The Morgan fingerprint density at radius 3 is 2.69 bits per heavy atom. The molecular formula is C13H14FNS. The van der Waals surface area contributed by atoms with E-state index < -0.39 is 0 Å². The standard InChI is InChI=1S/C13H14FNS/c14-12-6-2-1-5-11(12)13-8-7-10(16-13)4-3-9-15/h1-2,5-8H,3-4,9,15H2. The second-order valence-corrected chi connectivity index (χ2v) is 4.81. The van der Waals surface area contributed by atoms with Gasteiger partial charge < -0.3 is 5.73 Å². The fourth-order valence-corrected chi connectivity index (χ4v) is 2.67. The minimum atomic E-state index is -0.158. The normalized spacial score (nSPS) is 10.6. The summed E-state index contributed by atoms with van der Waals surface area (Å²) >= 11 is 1.64. The molecule has 3 heteroatoms. The number of halogens is 1. The Morgan fingerprint density at radius 2 is 1.94 bits per heavy atom. The molecular weight excluding hydrogens is 221 g/mol. The molecule has 0 saturated heterocycles. The third-order valence-electron chi connectivity index (χ3n) is 2.43. The fourth-order valence-electron chi connectivity index (χ4n) is 1.59. The Balaban J connectivity index is 2.22. The third kappa shape index (κ3) is 2.49. The number of aryl methyl sites for hydroxylation is 1. The largest absolute Gasteiger partial charge is 0.330 e. The lowest BCUT2D eigenvalue weighted by Crippen LogP contribution is -1.99. The minimum Gasteiger partial charge on any atom is -0.330 e. The highest BCUT2D eigenvalue weighted by atomic mass is 32.1. The van der Waals surface area contributed by atoms with Crippen LogP contribution in [0.3, 0.4) is 0 Å². The van der Waals surface area contributed by atoms with Gasteiger partial charge in [0.2, 0.25) is 0 Å². The molecule has 16 heavy (non-hydrogen) atoms. The van der Waals surface area contributed by atoms with Crippen molar-refractivity contribution in [3.05, 3.63) is 47.1 Å². The lowest BCUT2D eigenvalue weighted by atomic mass is 10.2. The van der Waals surface area contributed by atoms with E-state index in [2.05, 4.69) is 6.07 Å². The molecule has 1 heterocycles. The van der Waals surface area contributed by atoms with Crippen LogP contribution >= 0.6 is 11.3 Å². The second-order valence-electron chi connectivity index (χ2n) is 3.64. The molecule has 0 bridgehead atoms. The van der Waals surface area contributed by atoms with Gasteiger partial charge in [0, 0.05) is 15.3 Å². The molecule has 1 aromatic carbocycles. The summed E-state index contributed by atoms with van der Waals surface area (Å²) in [7, 11) is 0. The molecule has 0 spiro atoms. The summed E-state index contributed by atoms with van der Waals surface area (Å²) < 4.78 is 13.5. The van der Waals surface area contributed by atoms with Gasteiger partial charge in [-0.1, -0.05) is 18.2 Å². The molecule has 0 amide bonds. The van der Waals surface area contributed by atoms with Crippen molar-refractivity contribution in [1.82, 2.24) is 0 Å². The van der Waals surface area contributed by atoms with Crippen molar-refractivity contribution in [2.45, 2.75) is 12.8 Å². The number of benzene rings is 1. The van der Waals surface area contributed by atoms with Gasteiger partial charge in [0.15, 0.2) is 0 Å². The highest BCUT2D eigenvalue weighted by Gasteiger charge is 2.06. The van der Waals surface area contributed by atoms with E-state index >= 15 is 0 Å². The smallest absolute Gasteiger partial charge is 0.131 e. The average Bonchev–Trinajstić information content (AvgIpc) is 2.75. The zero-order valence-corrected chi connectivity index (χ0v) is 9.77. The number of hydrogen-bond acceptors (Lipinski definition) is 2. The molecule has 0 radical (unpaired) electrons. The molecule has 2 N–H and O–H groups in total. The maximum Gasteiger partial charge on any atom is 0.131 e. The number of nitrogens with two attached hydrogens (primary N) is 1. The van der Waals surface area contributed by atoms with Gasteiger partial charge >= 0.3 is 0 Å². The predicted molar refractivity (Wildman–Crippen MR) is 67.1 cm³/mol. The molecule has 0 saturated carbocycles. The van der Waals surface area contributed by atoms with E-state index in [9.17, 15) is 4.39 Å². The van der Waals surface area contributed by atoms with Crippen LogP contribution in [0.2, 0.25) is 0 Å². The number of thiophene rings is 1. The van der Waals surface area contributed by atoms with Crippen molar-refractivity contribution in [2.24, 2.45) is 5.73 Å². The topological polar surface area (TPSA) is 26.0 Å². The van der Waals surface area contributed by atoms with Crippen LogP contribution in [0.15, 0.2) is 36.4 Å². The Labute approximate surface area is 98.7 Å². The summed E-state index contributed by atoms with van der Waals surface area (Å²) in [4.78, 5) is 2.26. The van der Waals surface area contributed by atoms with Crippen molar-refractivity contribution in [3.8, 4) is 10.4 Å². The van der Waals surface area contributed by atoms with Crippen molar-refractivity contribution in [2.75, 3.05) is 6.54 Å². The zero-order valence-electron chi connectivity index (χ0n) is 8.95. The van der Waals surface area contributed by atoms with Gasteiger partial charge in [0.05, 0.1) is 0 Å². The lowest BCUT2D eigenvalue weighted by molar-refractivity contribution is 0.631. The summed E-state index contributed by atoms with van der Waals surface area (Å²) in [6.07, 6.45) is 1.97. The molecule has 1 aromatic heterocycles. The van der Waals surface area contributed by atoms with Crippen molar-refractivity contribution in [3.63, 3.8) is 0 Å². The van der Waals surface area contributed by atoms with Gasteiger partial charge in [-0.3, -0.25) is 0 Å². The SMILES string of the molecule is NCCCc1ccc(-c2ccccc2F)s1. The Morgan fingerprint density at radius 1 is 1.12 bits per heavy atom. The van der Waals surface area contributed by atoms with Crippen LogP contribution < -0.4 is 5.73 Å². The molecule has 0 aliphatic heterocycles. The molecule has 0 atom stereocenters. The molecule has 0 fully saturated rings. The van der Waals surface area contributed by atoms with Gasteiger partial charge in [0.25, 0.3) is 0 Å². The number of hydrogen-bond donors (Lipinski definition) is 1. The van der Waals surface area contributed by atoms with E-state index in [1.807, 2.05) is 18.2 Å². The van der Waals surface area contributed by atoms with Gasteiger partial charge in [-0.05, 0) is 37.6 Å². The third-order valence-corrected chi connectivity index (χ3v) is 3.61. The maximum atomic E-state index is 13.5. The Bertz CT molecular complexity index is 464. The monoisotopic (exact) mass is 235 g/mol. The first-order valence-corrected chi connectivity index (χ1v) is 6.16. The predicted octanol–water partition coefficient (Wildman–Crippen LogP) is 3.45. The molecule has 0 unspecified atom stereocenters. The van der Waals surface area contributed by atoms with E-state index in [1.54, 1.807) is 17.4 Å². The lowest BCUT2D eigenvalue weighted by Gasteiger charge is -1.98. The van der Waals surface area contributed by atoms with Gasteiger partial charge in [-0.15, -0.1) is 11.3 Å². The first kappa shape index (κ1) is 11.3. The molecule has 84 valence electrons. The summed E-state index contributed by atoms with van der Waals surface area (Å²) in [5.74, 6) is -0.158. The van der Waals surface area contributed by atoms with E-state index in [0.717, 1.165) is 17.7 Å². The fraction of sp³-hybridized carbons (Fsp3) is 0.231. The van der Waals surface area contributed by atoms with Crippen molar-refractivity contribution >= 4 is 11.3 Å². The van der Waals surface area contributed by atoms with Crippen LogP contribution in [0.25, 0.3) is 10.4 Å². The Hall–Kier alpha value is -1.19. The minimum absolute atomic E-state index is 0.158. The van der Waals surface area contributed by atoms with Crippen LogP contribution in [0.1, 0.15) is 11.3 Å². The molecule has 2 aromatic rings. The van der Waals surface area contributed by atoms with Gasteiger partial charge in [0.1, 0.15) is 5.82 Å². The van der Waals surface area contributed by atoms with Gasteiger partial charge in [-0.25, -0.2) is 4.39 Å². The molecule has 0 aliphatic rings. The zero-order chi connectivity index (χ0) is 11.4. The number of rotatable bonds is 4.